The van der Waals surface area contributed by atoms with Gasteiger partial charge in [0, 0.05) is 22.2 Å². The number of nitrogens with one attached hydrogen (secondary N) is 1. The van der Waals surface area contributed by atoms with Gasteiger partial charge in [0.15, 0.2) is 0 Å². The first-order valence-electron chi connectivity index (χ1n) is 12.1. The number of para-hydroxylation sites is 1. The van der Waals surface area contributed by atoms with Crippen LogP contribution < -0.4 is 15.8 Å². The monoisotopic (exact) mass is 507 g/mol. The number of nitrogens with two attached hydrogens (primary N) is 1. The van der Waals surface area contributed by atoms with E-state index in [1.807, 2.05) is 51.1 Å². The van der Waals surface area contributed by atoms with E-state index in [1.165, 1.54) is 16.9 Å². The van der Waals surface area contributed by atoms with Gasteiger partial charge in [-0.15, -0.1) is 11.3 Å². The molecule has 2 heterocycles. The van der Waals surface area contributed by atoms with E-state index < -0.39 is 0 Å². The Balaban J connectivity index is 1.70. The molecule has 1 amide bonds. The maximum Gasteiger partial charge on any atom is 0.267 e. The van der Waals surface area contributed by atoms with E-state index in [0.717, 1.165) is 55.9 Å². The Hall–Kier alpha value is -4.16. The Morgan fingerprint density at radius 3 is 2.24 bits per heavy atom. The van der Waals surface area contributed by atoms with E-state index in [4.69, 9.17) is 15.5 Å². The number of carbonyl (C=O) groups excluding carboxylic acids is 1. The first-order valence-corrected chi connectivity index (χ1v) is 12.9. The number of benzene rings is 3. The number of hydrogen-bond acceptors (Lipinski definition) is 5. The molecule has 6 heteroatoms. The lowest BCUT2D eigenvalue weighted by molar-refractivity contribution is 0.103. The second kappa shape index (κ2) is 9.71. The molecule has 0 aliphatic carbocycles. The van der Waals surface area contributed by atoms with Crippen LogP contribution in [-0.2, 0) is 0 Å². The van der Waals surface area contributed by atoms with Crippen molar-refractivity contribution in [1.82, 2.24) is 4.98 Å². The molecule has 0 atom stereocenters. The summed E-state index contributed by atoms with van der Waals surface area (Å²) in [5, 5.41) is 3.85. The Morgan fingerprint density at radius 1 is 0.892 bits per heavy atom. The normalized spacial score (nSPS) is 11.1. The van der Waals surface area contributed by atoms with Crippen molar-refractivity contribution in [3.8, 4) is 28.1 Å². The van der Waals surface area contributed by atoms with Gasteiger partial charge in [-0.2, -0.15) is 0 Å². The minimum atomic E-state index is -0.238. The number of hydrogen-bond donors (Lipinski definition) is 2. The van der Waals surface area contributed by atoms with Crippen LogP contribution >= 0.6 is 11.3 Å². The lowest BCUT2D eigenvalue weighted by atomic mass is 9.98. The van der Waals surface area contributed by atoms with Gasteiger partial charge < -0.3 is 15.8 Å². The number of nitrogens with zero attached hydrogens (tertiary/aromatic N) is 1. The topological polar surface area (TPSA) is 77.2 Å². The summed E-state index contributed by atoms with van der Waals surface area (Å²) in [6, 6.07) is 22.2. The second-order valence-electron chi connectivity index (χ2n) is 9.37. The lowest BCUT2D eigenvalue weighted by Gasteiger charge is -2.13. The number of thiophene rings is 1. The average Bonchev–Trinajstić information content (AvgIpc) is 3.22. The van der Waals surface area contributed by atoms with E-state index in [-0.39, 0.29) is 5.91 Å². The molecular formula is C31H29N3O2S. The number of amides is 1. The maximum absolute atomic E-state index is 13.5. The molecule has 37 heavy (non-hydrogen) atoms. The first-order chi connectivity index (χ1) is 17.8. The van der Waals surface area contributed by atoms with Crippen LogP contribution in [0.1, 0.15) is 31.9 Å². The molecule has 3 N–H and O–H groups in total. The highest BCUT2D eigenvalue weighted by molar-refractivity contribution is 7.21. The quantitative estimate of drug-likeness (QED) is 0.255. The van der Waals surface area contributed by atoms with Gasteiger partial charge in [-0.05, 0) is 56.5 Å². The molecule has 0 saturated heterocycles. The van der Waals surface area contributed by atoms with E-state index in [9.17, 15) is 4.79 Å². The molecular weight excluding hydrogens is 478 g/mol. The molecule has 0 saturated carbocycles. The lowest BCUT2D eigenvalue weighted by Crippen LogP contribution is -2.14. The highest BCUT2D eigenvalue weighted by atomic mass is 32.1. The van der Waals surface area contributed by atoms with Gasteiger partial charge in [-0.25, -0.2) is 4.98 Å². The fourth-order valence-electron chi connectivity index (χ4n) is 4.79. The van der Waals surface area contributed by atoms with E-state index in [1.54, 1.807) is 7.11 Å². The van der Waals surface area contributed by atoms with Crippen LogP contribution in [0.15, 0.2) is 66.7 Å². The third-order valence-electron chi connectivity index (χ3n) is 6.57. The molecule has 0 spiro atoms. The summed E-state index contributed by atoms with van der Waals surface area (Å²) in [6.45, 7) is 8.10. The van der Waals surface area contributed by atoms with Crippen molar-refractivity contribution in [2.45, 2.75) is 27.7 Å². The van der Waals surface area contributed by atoms with Crippen LogP contribution in [0, 0.1) is 27.7 Å². The van der Waals surface area contributed by atoms with Crippen LogP contribution in [0.5, 0.6) is 5.75 Å². The number of pyridine rings is 1. The van der Waals surface area contributed by atoms with Crippen molar-refractivity contribution in [3.05, 3.63) is 93.9 Å². The Labute approximate surface area is 220 Å². The molecule has 186 valence electrons. The van der Waals surface area contributed by atoms with Crippen molar-refractivity contribution in [3.63, 3.8) is 0 Å². The van der Waals surface area contributed by atoms with Crippen LogP contribution in [0.4, 0.5) is 11.4 Å². The van der Waals surface area contributed by atoms with Gasteiger partial charge >= 0.3 is 0 Å². The molecule has 0 fully saturated rings. The van der Waals surface area contributed by atoms with Crippen molar-refractivity contribution < 1.29 is 9.53 Å². The second-order valence-corrected chi connectivity index (χ2v) is 10.4. The molecule has 0 unspecified atom stereocenters. The average molecular weight is 508 g/mol. The number of nitrogen functional groups attached to an aromatic ring is 1. The molecule has 3 aromatic carbocycles. The van der Waals surface area contributed by atoms with Gasteiger partial charge in [0.25, 0.3) is 5.91 Å². The van der Waals surface area contributed by atoms with Gasteiger partial charge in [0.1, 0.15) is 15.5 Å². The van der Waals surface area contributed by atoms with Crippen molar-refractivity contribution in [2.75, 3.05) is 18.2 Å². The van der Waals surface area contributed by atoms with Gasteiger partial charge in [0.05, 0.1) is 18.5 Å². The molecule has 0 radical (unpaired) electrons. The molecule has 5 rings (SSSR count). The number of aromatic nitrogens is 1. The van der Waals surface area contributed by atoms with Crippen molar-refractivity contribution in [1.29, 1.82) is 0 Å². The number of aryl methyl sites for hydroxylation is 4. The van der Waals surface area contributed by atoms with Gasteiger partial charge in [0.2, 0.25) is 0 Å². The zero-order valence-corrected chi connectivity index (χ0v) is 22.4. The van der Waals surface area contributed by atoms with E-state index in [0.29, 0.717) is 15.4 Å². The van der Waals surface area contributed by atoms with Crippen LogP contribution in [0.3, 0.4) is 0 Å². The van der Waals surface area contributed by atoms with Crippen molar-refractivity contribution >= 4 is 38.8 Å². The largest absolute Gasteiger partial charge is 0.496 e. The van der Waals surface area contributed by atoms with Crippen LogP contribution in [0.2, 0.25) is 0 Å². The fraction of sp³-hybridized carbons (Fsp3) is 0.161. The molecule has 0 aliphatic rings. The minimum absolute atomic E-state index is 0.238. The molecule has 0 aliphatic heterocycles. The van der Waals surface area contributed by atoms with Crippen molar-refractivity contribution in [2.24, 2.45) is 0 Å². The zero-order chi connectivity index (χ0) is 26.3. The third kappa shape index (κ3) is 4.56. The third-order valence-corrected chi connectivity index (χ3v) is 7.66. The summed E-state index contributed by atoms with van der Waals surface area (Å²) in [6.07, 6.45) is 0. The fourth-order valence-corrected chi connectivity index (χ4v) is 5.80. The van der Waals surface area contributed by atoms with Gasteiger partial charge in [-0.3, -0.25) is 4.79 Å². The predicted octanol–water partition coefficient (Wildman–Crippen LogP) is 7.71. The summed E-state index contributed by atoms with van der Waals surface area (Å²) in [4.78, 5) is 19.6. The number of fused-ring (bicyclic) bond motifs is 1. The van der Waals surface area contributed by atoms with Gasteiger partial charge in [-0.1, -0.05) is 65.7 Å². The number of carbonyl (C=O) groups is 1. The summed E-state index contributed by atoms with van der Waals surface area (Å²) in [5.74, 6) is 0.491. The molecule has 0 bridgehead atoms. The van der Waals surface area contributed by atoms with E-state index >= 15 is 0 Å². The minimum Gasteiger partial charge on any atom is -0.496 e. The summed E-state index contributed by atoms with van der Waals surface area (Å²) >= 11 is 1.31. The number of methoxy groups -OCH3 is 1. The smallest absolute Gasteiger partial charge is 0.267 e. The number of anilines is 2. The standard InChI is InChI=1S/C31H29N3O2S/c1-17-10-12-21(13-11-17)24-16-23(22-8-6-7-9-25(22)36-5)26-27(32)29(37-31(26)33-24)30(35)34-28-19(3)14-18(2)15-20(28)4/h6-16H,32H2,1-5H3,(H,34,35). The maximum atomic E-state index is 13.5. The number of ether oxygens (including phenoxy) is 1. The first kappa shape index (κ1) is 24.5. The Morgan fingerprint density at radius 2 is 1.57 bits per heavy atom. The zero-order valence-electron chi connectivity index (χ0n) is 21.6. The molecule has 5 nitrogen and oxygen atoms in total. The highest BCUT2D eigenvalue weighted by Gasteiger charge is 2.23. The molecule has 2 aromatic heterocycles. The molecule has 5 aromatic rings. The highest BCUT2D eigenvalue weighted by Crippen LogP contribution is 2.44. The Kier molecular flexibility index (Phi) is 6.44. The predicted molar refractivity (Wildman–Crippen MR) is 155 cm³/mol. The number of rotatable bonds is 5. The van der Waals surface area contributed by atoms with Crippen LogP contribution in [0.25, 0.3) is 32.6 Å². The SMILES string of the molecule is COc1ccccc1-c1cc(-c2ccc(C)cc2)nc2sc(C(=O)Nc3c(C)cc(C)cc3C)c(N)c12. The van der Waals surface area contributed by atoms with Crippen LogP contribution in [-0.4, -0.2) is 18.0 Å². The Bertz CT molecular complexity index is 1630. The summed E-state index contributed by atoms with van der Waals surface area (Å²) < 4.78 is 5.68. The summed E-state index contributed by atoms with van der Waals surface area (Å²) in [7, 11) is 1.65. The van der Waals surface area contributed by atoms with E-state index in [2.05, 4.69) is 48.6 Å². The summed E-state index contributed by atoms with van der Waals surface area (Å²) in [5.41, 5.74) is 15.9.